The van der Waals surface area contributed by atoms with Crippen LogP contribution in [0.15, 0.2) is 77.7 Å². The molecule has 19 heteroatoms. The second-order valence-electron chi connectivity index (χ2n) is 18.4. The van der Waals surface area contributed by atoms with E-state index in [2.05, 4.69) is 56.5 Å². The van der Waals surface area contributed by atoms with E-state index in [4.69, 9.17) is 5.73 Å². The number of imide groups is 2. The van der Waals surface area contributed by atoms with Crippen LogP contribution < -0.4 is 27.2 Å². The smallest absolute Gasteiger partial charge is 0.397 e. The van der Waals surface area contributed by atoms with Crippen LogP contribution in [0.5, 0.6) is 0 Å². The van der Waals surface area contributed by atoms with Crippen LogP contribution in [-0.4, -0.2) is 125 Å². The number of amides is 6. The van der Waals surface area contributed by atoms with Crippen LogP contribution >= 0.6 is 0 Å². The number of nitrogens with two attached hydrogens (primary N) is 1. The number of nitrogen functional groups attached to an aromatic ring is 1. The lowest BCUT2D eigenvalue weighted by Gasteiger charge is -2.34. The van der Waals surface area contributed by atoms with Crippen molar-refractivity contribution in [2.24, 2.45) is 0 Å². The number of piperidine rings is 1. The quantitative estimate of drug-likeness (QED) is 0.0369. The molecule has 0 aliphatic carbocycles. The van der Waals surface area contributed by atoms with Crippen molar-refractivity contribution < 1.29 is 41.9 Å². The Balaban J connectivity index is 0.00000133. The number of hydrogen-bond acceptors (Lipinski definition) is 11. The fraction of sp³-hybridized carbons (Fsp3) is 0.453. The number of pyridine rings is 1. The highest BCUT2D eigenvalue weighted by Crippen LogP contribution is 2.34. The van der Waals surface area contributed by atoms with Gasteiger partial charge < -0.3 is 26.3 Å². The molecule has 1 unspecified atom stereocenters. The van der Waals surface area contributed by atoms with Crippen molar-refractivity contribution in [3.05, 3.63) is 117 Å². The minimum atomic E-state index is -4.91. The fourth-order valence-corrected chi connectivity index (χ4v) is 8.97. The molecular weight excluding hydrogens is 932 g/mol. The van der Waals surface area contributed by atoms with E-state index in [-0.39, 0.29) is 30.1 Å². The van der Waals surface area contributed by atoms with Gasteiger partial charge in [-0.1, -0.05) is 75.9 Å². The minimum absolute atomic E-state index is 0.0389. The van der Waals surface area contributed by atoms with Crippen molar-refractivity contribution in [1.29, 1.82) is 0 Å². The number of aromatic nitrogens is 1. The number of carbonyl (C=O) groups excluding carboxylic acids is 6. The first-order valence-electron chi connectivity index (χ1n) is 24.8. The molecule has 0 radical (unpaired) electrons. The van der Waals surface area contributed by atoms with Gasteiger partial charge in [0.1, 0.15) is 6.04 Å². The van der Waals surface area contributed by atoms with Gasteiger partial charge in [0.25, 0.3) is 17.7 Å². The van der Waals surface area contributed by atoms with Crippen molar-refractivity contribution in [2.75, 3.05) is 70.5 Å². The van der Waals surface area contributed by atoms with Gasteiger partial charge in [0.15, 0.2) is 0 Å². The Morgan fingerprint density at radius 2 is 1.50 bits per heavy atom. The average molecular weight is 998 g/mol. The number of fused-ring (bicyclic) bond motifs is 1. The number of aryl methyl sites for hydroxylation is 1. The highest BCUT2D eigenvalue weighted by molar-refractivity contribution is 6.24. The summed E-state index contributed by atoms with van der Waals surface area (Å²) in [6, 6.07) is 17.4. The maximum absolute atomic E-state index is 13.6. The Morgan fingerprint density at radius 3 is 2.19 bits per heavy atom. The molecule has 3 aliphatic rings. The van der Waals surface area contributed by atoms with Crippen molar-refractivity contribution in [3.8, 4) is 11.1 Å². The largest absolute Gasteiger partial charge is 0.417 e. The van der Waals surface area contributed by atoms with Crippen LogP contribution in [0.25, 0.3) is 11.1 Å². The number of nitrogens with one attached hydrogen (secondary N) is 4. The van der Waals surface area contributed by atoms with Crippen molar-refractivity contribution >= 4 is 46.8 Å². The van der Waals surface area contributed by atoms with Gasteiger partial charge in [0, 0.05) is 70.9 Å². The summed E-state index contributed by atoms with van der Waals surface area (Å²) < 4.78 is 40.7. The van der Waals surface area contributed by atoms with Gasteiger partial charge in [-0.05, 0) is 92.3 Å². The van der Waals surface area contributed by atoms with E-state index in [0.717, 1.165) is 112 Å². The van der Waals surface area contributed by atoms with Gasteiger partial charge in [0.2, 0.25) is 23.3 Å². The van der Waals surface area contributed by atoms with E-state index in [1.54, 1.807) is 30.3 Å². The predicted molar refractivity (Wildman–Crippen MR) is 269 cm³/mol. The van der Waals surface area contributed by atoms with Crippen molar-refractivity contribution in [2.45, 2.75) is 96.8 Å². The highest BCUT2D eigenvalue weighted by atomic mass is 19.4. The number of unbranched alkanes of at least 4 members (excludes halogenated alkanes) is 5. The molecule has 2 fully saturated rings. The monoisotopic (exact) mass is 998 g/mol. The topological polar surface area (TPSA) is 210 Å². The molecule has 16 nitrogen and oxygen atoms in total. The summed E-state index contributed by atoms with van der Waals surface area (Å²) in [4.78, 5) is 97.5. The number of alkyl halides is 3. The lowest BCUT2D eigenvalue weighted by molar-refractivity contribution is -0.138. The molecule has 3 aromatic carbocycles. The standard InChI is InChI=1S/C48H53F3N8O7.C5H13N/c49-48(50,51)36-27-42(62)54-28-35(36)44(63)55-38-26-33(15-16-37(38)52)32-12-7-9-30(25-32)29-58-23-21-57(22-24-58)20-19-53-40(60)14-6-4-2-1-3-5-10-31-11-8-13-34-43(31)47(66)59(46(34)65)39-17-18-41(61)56-45(39)64;1-4-6(3)5-2/h7-9,11-13,15-16,25-28,39H,1-6,10,14,17-24,29,52H2,(H,53,60)(H,54,62)(H,55,63)(H,56,61,64);4-5H2,1-3H3. The lowest BCUT2D eigenvalue weighted by atomic mass is 9.97. The summed E-state index contributed by atoms with van der Waals surface area (Å²) >= 11 is 0. The number of anilines is 2. The summed E-state index contributed by atoms with van der Waals surface area (Å²) in [5.41, 5.74) is 7.37. The number of rotatable bonds is 20. The van der Waals surface area contributed by atoms with Crippen LogP contribution in [0.2, 0.25) is 0 Å². The minimum Gasteiger partial charge on any atom is -0.397 e. The number of benzene rings is 3. The van der Waals surface area contributed by atoms with Gasteiger partial charge in [-0.3, -0.25) is 53.6 Å². The Morgan fingerprint density at radius 1 is 0.819 bits per heavy atom. The maximum atomic E-state index is 13.6. The average Bonchev–Trinajstić information content (AvgIpc) is 3.61. The predicted octanol–water partition coefficient (Wildman–Crippen LogP) is 6.46. The number of H-pyrrole nitrogens is 1. The third-order valence-corrected chi connectivity index (χ3v) is 13.4. The molecule has 6 amide bonds. The first kappa shape index (κ1) is 54.6. The number of carbonyl (C=O) groups is 6. The normalized spacial score (nSPS) is 16.3. The molecule has 386 valence electrons. The molecule has 4 aromatic rings. The number of hydrogen-bond donors (Lipinski definition) is 5. The van der Waals surface area contributed by atoms with E-state index in [1.165, 1.54) is 0 Å². The van der Waals surface area contributed by atoms with Gasteiger partial charge >= 0.3 is 6.18 Å². The third-order valence-electron chi connectivity index (χ3n) is 13.4. The molecule has 0 bridgehead atoms. The van der Waals surface area contributed by atoms with Gasteiger partial charge in [0.05, 0.1) is 33.6 Å². The Kier molecular flexibility index (Phi) is 19.4. The van der Waals surface area contributed by atoms with Crippen LogP contribution in [0.3, 0.4) is 0 Å². The highest BCUT2D eigenvalue weighted by Gasteiger charge is 2.45. The summed E-state index contributed by atoms with van der Waals surface area (Å²) in [6.07, 6.45) is 2.57. The lowest BCUT2D eigenvalue weighted by Crippen LogP contribution is -2.54. The van der Waals surface area contributed by atoms with Crippen LogP contribution in [0.1, 0.15) is 119 Å². The Hall–Kier alpha value is -6.70. The van der Waals surface area contributed by atoms with E-state index in [0.29, 0.717) is 48.7 Å². The summed E-state index contributed by atoms with van der Waals surface area (Å²) in [5.74, 6) is -3.04. The van der Waals surface area contributed by atoms with E-state index < -0.39 is 58.4 Å². The molecule has 3 aliphatic heterocycles. The van der Waals surface area contributed by atoms with E-state index >= 15 is 0 Å². The zero-order chi connectivity index (χ0) is 52.0. The van der Waals surface area contributed by atoms with Crippen LogP contribution in [0.4, 0.5) is 24.5 Å². The molecule has 0 spiro atoms. The third kappa shape index (κ3) is 14.7. The van der Waals surface area contributed by atoms with Gasteiger partial charge in [-0.15, -0.1) is 0 Å². The fourth-order valence-electron chi connectivity index (χ4n) is 8.97. The molecule has 7 rings (SSSR count). The van der Waals surface area contributed by atoms with Crippen molar-refractivity contribution in [3.63, 3.8) is 0 Å². The summed E-state index contributed by atoms with van der Waals surface area (Å²) in [5, 5.41) is 7.74. The SMILES string of the molecule is CCN(C)CC.Nc1ccc(-c2cccc(CN3CCN(CCNC(=O)CCCCCCCCc4cccc5c4C(=O)N(C4CCC(=O)NC4=O)C5=O)CC3)c2)cc1NC(=O)c1c[nH]c(=O)cc1C(F)(F)F. The molecule has 0 saturated carbocycles. The Bertz CT molecular complexity index is 2640. The van der Waals surface area contributed by atoms with Crippen LogP contribution in [-0.2, 0) is 33.5 Å². The van der Waals surface area contributed by atoms with E-state index in [1.807, 2.05) is 30.3 Å². The molecule has 1 atom stereocenters. The number of aromatic amines is 1. The number of halogens is 3. The molecule has 4 heterocycles. The zero-order valence-corrected chi connectivity index (χ0v) is 41.3. The first-order chi connectivity index (χ1) is 34.5. The van der Waals surface area contributed by atoms with E-state index in [9.17, 15) is 46.7 Å². The molecular formula is C53H66F3N9O7. The first-order valence-corrected chi connectivity index (χ1v) is 24.8. The van der Waals surface area contributed by atoms with Crippen molar-refractivity contribution in [1.82, 2.24) is 35.2 Å². The van der Waals surface area contributed by atoms with Gasteiger partial charge in [-0.2, -0.15) is 13.2 Å². The summed E-state index contributed by atoms with van der Waals surface area (Å²) in [7, 11) is 2.11. The van der Waals surface area contributed by atoms with Gasteiger partial charge in [-0.25, -0.2) is 0 Å². The number of piperazine rings is 1. The second kappa shape index (κ2) is 25.6. The molecule has 1 aromatic heterocycles. The van der Waals surface area contributed by atoms with Crippen LogP contribution in [0, 0.1) is 0 Å². The Labute approximate surface area is 417 Å². The molecule has 72 heavy (non-hydrogen) atoms. The molecule has 6 N–H and O–H groups in total. The maximum Gasteiger partial charge on any atom is 0.417 e. The second-order valence-corrected chi connectivity index (χ2v) is 18.4. The number of nitrogens with zero attached hydrogens (tertiary/aromatic N) is 4. The zero-order valence-electron chi connectivity index (χ0n) is 41.3. The summed E-state index contributed by atoms with van der Waals surface area (Å²) in [6.45, 7) is 12.1. The molecule has 2 saturated heterocycles.